The van der Waals surface area contributed by atoms with Gasteiger partial charge in [0.1, 0.15) is 0 Å². The Balaban J connectivity index is 2.22. The molecule has 0 radical (unpaired) electrons. The van der Waals surface area contributed by atoms with E-state index in [1.807, 2.05) is 6.07 Å². The Hall–Kier alpha value is -4.34. The first kappa shape index (κ1) is 24.3. The largest absolute Gasteiger partial charge is 0.493 e. The van der Waals surface area contributed by atoms with Crippen molar-refractivity contribution >= 4 is 23.3 Å². The summed E-state index contributed by atoms with van der Waals surface area (Å²) in [5.41, 5.74) is 1.27. The van der Waals surface area contributed by atoms with Crippen LogP contribution in [0.25, 0.3) is 5.69 Å². The van der Waals surface area contributed by atoms with Gasteiger partial charge in [0.25, 0.3) is 5.56 Å². The Morgan fingerprint density at radius 2 is 1.62 bits per heavy atom. The second kappa shape index (κ2) is 10.5. The molecule has 0 spiro atoms. The fraction of sp³-hybridized carbons (Fsp3) is 0.250. The lowest BCUT2D eigenvalue weighted by atomic mass is 10.1. The number of methoxy groups -OCH3 is 4. The van der Waals surface area contributed by atoms with Crippen LogP contribution in [0.5, 0.6) is 11.5 Å². The summed E-state index contributed by atoms with van der Waals surface area (Å²) in [6.07, 6.45) is -0.177. The number of H-pyrrole nitrogens is 1. The molecule has 0 bridgehead atoms. The van der Waals surface area contributed by atoms with Crippen LogP contribution in [0.15, 0.2) is 52.3 Å². The number of nitrogens with one attached hydrogen (secondary N) is 1. The van der Waals surface area contributed by atoms with Crippen molar-refractivity contribution in [2.24, 2.45) is 4.99 Å². The number of ether oxygens (including phenoxy) is 4. The summed E-state index contributed by atoms with van der Waals surface area (Å²) >= 11 is 0. The predicted molar refractivity (Wildman–Crippen MR) is 125 cm³/mol. The minimum Gasteiger partial charge on any atom is -0.493 e. The molecule has 3 aromatic rings. The number of aliphatic imine (C=N–C) groups is 1. The Morgan fingerprint density at radius 1 is 0.971 bits per heavy atom. The molecule has 0 amide bonds. The van der Waals surface area contributed by atoms with E-state index >= 15 is 0 Å². The molecule has 1 heterocycles. The van der Waals surface area contributed by atoms with Gasteiger partial charge in [0.2, 0.25) is 0 Å². The van der Waals surface area contributed by atoms with Gasteiger partial charge in [-0.15, -0.1) is 0 Å². The van der Waals surface area contributed by atoms with Gasteiger partial charge in [-0.3, -0.25) is 19.7 Å². The highest BCUT2D eigenvalue weighted by atomic mass is 16.5. The van der Waals surface area contributed by atoms with E-state index in [2.05, 4.69) is 10.1 Å². The second-order valence-electron chi connectivity index (χ2n) is 7.11. The number of carbonyl (C=O) groups is 2. The zero-order valence-electron chi connectivity index (χ0n) is 19.5. The summed E-state index contributed by atoms with van der Waals surface area (Å²) in [5, 5.41) is 2.97. The molecule has 0 aliphatic heterocycles. The van der Waals surface area contributed by atoms with E-state index in [1.165, 1.54) is 45.3 Å². The summed E-state index contributed by atoms with van der Waals surface area (Å²) in [7, 11) is 5.41. The third-order valence-corrected chi connectivity index (χ3v) is 5.09. The highest BCUT2D eigenvalue weighted by Crippen LogP contribution is 2.35. The molecular weight excluding hydrogens is 442 g/mol. The summed E-state index contributed by atoms with van der Waals surface area (Å²) in [6, 6.07) is 11.9. The van der Waals surface area contributed by atoms with Crippen LogP contribution in [-0.2, 0) is 20.7 Å². The highest BCUT2D eigenvalue weighted by molar-refractivity contribution is 6.04. The molecular formula is C24H25N3O7. The first-order chi connectivity index (χ1) is 16.3. The smallest absolute Gasteiger partial charge is 0.340 e. The standard InChI is InChI=1S/C24H25N3O7/c1-14(25-17-12-20(32-3)19(31-2)11-16(17)24(30)34-5)22-18(13-21(28)33-4)26-27(23(22)29)15-9-7-6-8-10-15/h6-12,26H,13H2,1-5H3. The van der Waals surface area contributed by atoms with Gasteiger partial charge in [-0.05, 0) is 19.1 Å². The number of benzene rings is 2. The van der Waals surface area contributed by atoms with Crippen LogP contribution in [0.3, 0.4) is 0 Å². The average molecular weight is 467 g/mol. The molecule has 10 nitrogen and oxygen atoms in total. The number of hydrogen-bond acceptors (Lipinski definition) is 8. The molecule has 178 valence electrons. The van der Waals surface area contributed by atoms with E-state index in [-0.39, 0.29) is 28.9 Å². The van der Waals surface area contributed by atoms with Crippen molar-refractivity contribution in [1.82, 2.24) is 9.78 Å². The lowest BCUT2D eigenvalue weighted by Gasteiger charge is -2.12. The van der Waals surface area contributed by atoms with E-state index in [0.29, 0.717) is 22.9 Å². The third-order valence-electron chi connectivity index (χ3n) is 5.09. The van der Waals surface area contributed by atoms with Gasteiger partial charge in [-0.2, -0.15) is 0 Å². The van der Waals surface area contributed by atoms with E-state index in [0.717, 1.165) is 0 Å². The van der Waals surface area contributed by atoms with Crippen LogP contribution in [0.4, 0.5) is 5.69 Å². The number of aromatic amines is 1. The Kier molecular flexibility index (Phi) is 7.52. The minimum absolute atomic E-state index is 0.118. The van der Waals surface area contributed by atoms with Crippen molar-refractivity contribution in [2.45, 2.75) is 13.3 Å². The summed E-state index contributed by atoms with van der Waals surface area (Å²) in [5.74, 6) is -0.513. The van der Waals surface area contributed by atoms with Gasteiger partial charge in [0, 0.05) is 12.1 Å². The minimum atomic E-state index is -0.641. The van der Waals surface area contributed by atoms with Gasteiger partial charge in [-0.1, -0.05) is 18.2 Å². The quantitative estimate of drug-likeness (QED) is 0.399. The number of nitrogens with zero attached hydrogens (tertiary/aromatic N) is 2. The molecule has 3 rings (SSSR count). The topological polar surface area (TPSA) is 121 Å². The van der Waals surface area contributed by atoms with E-state index in [9.17, 15) is 14.4 Å². The molecule has 1 N–H and O–H groups in total. The predicted octanol–water partition coefficient (Wildman–Crippen LogP) is 2.83. The molecule has 34 heavy (non-hydrogen) atoms. The van der Waals surface area contributed by atoms with Crippen molar-refractivity contribution in [1.29, 1.82) is 0 Å². The third kappa shape index (κ3) is 4.85. The SMILES string of the molecule is COC(=O)Cc1[nH]n(-c2ccccc2)c(=O)c1C(C)=Nc1cc(OC)c(OC)cc1C(=O)OC. The molecule has 0 unspecified atom stereocenters. The average Bonchev–Trinajstić information content (AvgIpc) is 3.18. The van der Waals surface area contributed by atoms with Gasteiger partial charge in [0.15, 0.2) is 11.5 Å². The normalized spacial score (nSPS) is 11.1. The molecule has 0 saturated heterocycles. The van der Waals surface area contributed by atoms with Crippen molar-refractivity contribution in [2.75, 3.05) is 28.4 Å². The molecule has 0 saturated carbocycles. The van der Waals surface area contributed by atoms with Crippen molar-refractivity contribution in [3.05, 3.63) is 69.6 Å². The monoisotopic (exact) mass is 467 g/mol. The number of carbonyl (C=O) groups excluding carboxylic acids is 2. The first-order valence-corrected chi connectivity index (χ1v) is 10.2. The van der Waals surface area contributed by atoms with Crippen molar-refractivity contribution in [3.63, 3.8) is 0 Å². The van der Waals surface area contributed by atoms with Gasteiger partial charge in [-0.25, -0.2) is 9.48 Å². The van der Waals surface area contributed by atoms with Crippen molar-refractivity contribution < 1.29 is 28.5 Å². The highest BCUT2D eigenvalue weighted by Gasteiger charge is 2.22. The van der Waals surface area contributed by atoms with Crippen molar-refractivity contribution in [3.8, 4) is 17.2 Å². The number of para-hydroxylation sites is 1. The van der Waals surface area contributed by atoms with Crippen LogP contribution in [0, 0.1) is 0 Å². The molecule has 1 aromatic heterocycles. The molecule has 0 aliphatic carbocycles. The van der Waals surface area contributed by atoms with Gasteiger partial charge in [0.05, 0.1) is 68.8 Å². The lowest BCUT2D eigenvalue weighted by molar-refractivity contribution is -0.139. The molecule has 0 aliphatic rings. The number of esters is 2. The zero-order chi connectivity index (χ0) is 24.8. The van der Waals surface area contributed by atoms with E-state index < -0.39 is 17.5 Å². The lowest BCUT2D eigenvalue weighted by Crippen LogP contribution is -2.20. The number of rotatable bonds is 8. The summed E-state index contributed by atoms with van der Waals surface area (Å²) in [4.78, 5) is 42.3. The zero-order valence-corrected chi connectivity index (χ0v) is 19.5. The maximum atomic E-state index is 13.4. The molecule has 0 atom stereocenters. The second-order valence-corrected chi connectivity index (χ2v) is 7.11. The van der Waals surface area contributed by atoms with E-state index in [1.54, 1.807) is 31.2 Å². The van der Waals surface area contributed by atoms with Crippen LogP contribution < -0.4 is 15.0 Å². The van der Waals surface area contributed by atoms with Gasteiger partial charge < -0.3 is 18.9 Å². The molecule has 10 heteroatoms. The summed E-state index contributed by atoms with van der Waals surface area (Å²) in [6.45, 7) is 1.61. The van der Waals surface area contributed by atoms with E-state index in [4.69, 9.17) is 18.9 Å². The maximum absolute atomic E-state index is 13.4. The van der Waals surface area contributed by atoms with Crippen LogP contribution in [0.1, 0.15) is 28.5 Å². The molecule has 0 fully saturated rings. The van der Waals surface area contributed by atoms with Crippen LogP contribution >= 0.6 is 0 Å². The molecule has 2 aromatic carbocycles. The van der Waals surface area contributed by atoms with Crippen LogP contribution in [0.2, 0.25) is 0 Å². The number of aromatic nitrogens is 2. The fourth-order valence-corrected chi connectivity index (χ4v) is 3.43. The van der Waals surface area contributed by atoms with Gasteiger partial charge >= 0.3 is 11.9 Å². The van der Waals surface area contributed by atoms with Crippen LogP contribution in [-0.4, -0.2) is 55.9 Å². The Bertz CT molecular complexity index is 1290. The number of hydrogen-bond donors (Lipinski definition) is 1. The maximum Gasteiger partial charge on any atom is 0.340 e. The fourth-order valence-electron chi connectivity index (χ4n) is 3.43. The Morgan fingerprint density at radius 3 is 2.21 bits per heavy atom. The Labute approximate surface area is 195 Å². The first-order valence-electron chi connectivity index (χ1n) is 10.2. The summed E-state index contributed by atoms with van der Waals surface area (Å²) < 4.78 is 21.6.